The monoisotopic (exact) mass is 547 g/mol. The third-order valence-corrected chi connectivity index (χ3v) is 5.22. The molecular formula is C22H34IN3O3S. The van der Waals surface area contributed by atoms with Crippen LogP contribution in [0.15, 0.2) is 34.6 Å². The molecule has 6 nitrogen and oxygen atoms in total. The SMILES string of the molecule is CCNC(=NCc1cc(OC)c(OCC)c(OC)c1)NCC(C)Cc1cccs1.I. The summed E-state index contributed by atoms with van der Waals surface area (Å²) in [6.07, 6.45) is 1.07. The quantitative estimate of drug-likeness (QED) is 0.242. The second-order valence-corrected chi connectivity index (χ2v) is 7.76. The van der Waals surface area contributed by atoms with Crippen LogP contribution < -0.4 is 24.8 Å². The van der Waals surface area contributed by atoms with Crippen molar-refractivity contribution in [3.8, 4) is 17.2 Å². The van der Waals surface area contributed by atoms with E-state index in [0.29, 0.717) is 36.3 Å². The van der Waals surface area contributed by atoms with Gasteiger partial charge >= 0.3 is 0 Å². The third kappa shape index (κ3) is 8.22. The van der Waals surface area contributed by atoms with Crippen molar-refractivity contribution >= 4 is 41.3 Å². The number of benzene rings is 1. The van der Waals surface area contributed by atoms with E-state index in [1.165, 1.54) is 4.88 Å². The number of ether oxygens (including phenoxy) is 3. The Bertz CT molecular complexity index is 744. The zero-order valence-electron chi connectivity index (χ0n) is 18.5. The van der Waals surface area contributed by atoms with E-state index in [4.69, 9.17) is 19.2 Å². The first-order chi connectivity index (χ1) is 14.1. The largest absolute Gasteiger partial charge is 0.493 e. The molecule has 8 heteroatoms. The summed E-state index contributed by atoms with van der Waals surface area (Å²) in [5, 5.41) is 8.88. The van der Waals surface area contributed by atoms with E-state index in [-0.39, 0.29) is 24.0 Å². The number of guanidine groups is 1. The molecule has 1 aromatic carbocycles. The molecule has 0 radical (unpaired) electrons. The van der Waals surface area contributed by atoms with Gasteiger partial charge in [-0.2, -0.15) is 0 Å². The first-order valence-corrected chi connectivity index (χ1v) is 10.9. The summed E-state index contributed by atoms with van der Waals surface area (Å²) in [5.74, 6) is 3.25. The van der Waals surface area contributed by atoms with Gasteiger partial charge in [0, 0.05) is 18.0 Å². The molecule has 0 aliphatic heterocycles. The van der Waals surface area contributed by atoms with Gasteiger partial charge in [-0.15, -0.1) is 35.3 Å². The summed E-state index contributed by atoms with van der Waals surface area (Å²) in [4.78, 5) is 6.14. The second-order valence-electron chi connectivity index (χ2n) is 6.73. The lowest BCUT2D eigenvalue weighted by Gasteiger charge is -2.16. The normalized spacial score (nSPS) is 12.0. The maximum Gasteiger partial charge on any atom is 0.203 e. The minimum absolute atomic E-state index is 0. The maximum absolute atomic E-state index is 5.67. The van der Waals surface area contributed by atoms with Crippen LogP contribution in [0.1, 0.15) is 31.2 Å². The summed E-state index contributed by atoms with van der Waals surface area (Å²) in [5.41, 5.74) is 0.992. The van der Waals surface area contributed by atoms with Crippen molar-refractivity contribution in [1.29, 1.82) is 0 Å². The lowest BCUT2D eigenvalue weighted by Crippen LogP contribution is -2.39. The zero-order chi connectivity index (χ0) is 21.1. The van der Waals surface area contributed by atoms with Crippen molar-refractivity contribution in [2.75, 3.05) is 33.9 Å². The smallest absolute Gasteiger partial charge is 0.203 e. The van der Waals surface area contributed by atoms with Crippen LogP contribution in [0, 0.1) is 5.92 Å². The van der Waals surface area contributed by atoms with Crippen LogP contribution in [0.3, 0.4) is 0 Å². The van der Waals surface area contributed by atoms with Crippen LogP contribution in [-0.2, 0) is 13.0 Å². The highest BCUT2D eigenvalue weighted by atomic mass is 127. The van der Waals surface area contributed by atoms with E-state index in [0.717, 1.165) is 31.0 Å². The number of hydrogen-bond donors (Lipinski definition) is 2. The lowest BCUT2D eigenvalue weighted by atomic mass is 10.1. The molecule has 1 aromatic heterocycles. The molecule has 0 amide bonds. The van der Waals surface area contributed by atoms with Crippen LogP contribution >= 0.6 is 35.3 Å². The summed E-state index contributed by atoms with van der Waals surface area (Å²) in [6, 6.07) is 8.18. The number of aliphatic imine (C=N–C) groups is 1. The molecule has 2 aromatic rings. The Balaban J connectivity index is 0.00000450. The van der Waals surface area contributed by atoms with Crippen LogP contribution in [0.4, 0.5) is 0 Å². The molecule has 2 N–H and O–H groups in total. The molecule has 1 atom stereocenters. The van der Waals surface area contributed by atoms with E-state index in [1.54, 1.807) is 14.2 Å². The number of halogens is 1. The van der Waals surface area contributed by atoms with Gasteiger partial charge in [-0.1, -0.05) is 13.0 Å². The van der Waals surface area contributed by atoms with Crippen molar-refractivity contribution in [3.05, 3.63) is 40.1 Å². The topological polar surface area (TPSA) is 64.1 Å². The number of nitrogens with zero attached hydrogens (tertiary/aromatic N) is 1. The Morgan fingerprint density at radius 2 is 1.83 bits per heavy atom. The van der Waals surface area contributed by atoms with E-state index in [1.807, 2.05) is 30.4 Å². The first-order valence-electron chi connectivity index (χ1n) is 10.0. The highest BCUT2D eigenvalue weighted by Gasteiger charge is 2.14. The molecule has 168 valence electrons. The van der Waals surface area contributed by atoms with Gasteiger partial charge in [-0.25, -0.2) is 4.99 Å². The fraction of sp³-hybridized carbons (Fsp3) is 0.500. The summed E-state index contributed by atoms with van der Waals surface area (Å²) in [7, 11) is 3.26. The van der Waals surface area contributed by atoms with E-state index in [2.05, 4.69) is 42.0 Å². The molecule has 1 unspecified atom stereocenters. The van der Waals surface area contributed by atoms with Gasteiger partial charge in [-0.05, 0) is 55.3 Å². The van der Waals surface area contributed by atoms with Crippen LogP contribution in [0.25, 0.3) is 0 Å². The first kappa shape index (κ1) is 26.4. The van der Waals surface area contributed by atoms with Crippen LogP contribution in [-0.4, -0.2) is 39.9 Å². The van der Waals surface area contributed by atoms with Gasteiger partial charge in [0.15, 0.2) is 17.5 Å². The molecule has 0 saturated heterocycles. The Morgan fingerprint density at radius 1 is 1.13 bits per heavy atom. The minimum atomic E-state index is 0. The minimum Gasteiger partial charge on any atom is -0.493 e. The molecular weight excluding hydrogens is 513 g/mol. The van der Waals surface area contributed by atoms with Crippen molar-refractivity contribution < 1.29 is 14.2 Å². The van der Waals surface area contributed by atoms with E-state index in [9.17, 15) is 0 Å². The summed E-state index contributed by atoms with van der Waals surface area (Å²) < 4.78 is 16.6. The predicted octanol–water partition coefficient (Wildman–Crippen LogP) is 4.72. The molecule has 1 heterocycles. The molecule has 0 aliphatic carbocycles. The molecule has 0 saturated carbocycles. The Kier molecular flexibility index (Phi) is 12.6. The van der Waals surface area contributed by atoms with Gasteiger partial charge in [0.25, 0.3) is 0 Å². The zero-order valence-corrected chi connectivity index (χ0v) is 21.6. The molecule has 0 bridgehead atoms. The molecule has 30 heavy (non-hydrogen) atoms. The summed E-state index contributed by atoms with van der Waals surface area (Å²) >= 11 is 1.81. The number of methoxy groups -OCH3 is 2. The third-order valence-electron chi connectivity index (χ3n) is 4.32. The highest BCUT2D eigenvalue weighted by molar-refractivity contribution is 14.0. The Labute approximate surface area is 201 Å². The van der Waals surface area contributed by atoms with Crippen molar-refractivity contribution in [1.82, 2.24) is 10.6 Å². The van der Waals surface area contributed by atoms with Gasteiger partial charge in [0.05, 0.1) is 27.4 Å². The molecule has 0 spiro atoms. The number of thiophene rings is 1. The number of rotatable bonds is 11. The van der Waals surface area contributed by atoms with Crippen molar-refractivity contribution in [2.24, 2.45) is 10.9 Å². The summed E-state index contributed by atoms with van der Waals surface area (Å²) in [6.45, 7) is 8.97. The predicted molar refractivity (Wildman–Crippen MR) is 136 cm³/mol. The number of nitrogens with one attached hydrogen (secondary N) is 2. The van der Waals surface area contributed by atoms with Gasteiger partial charge < -0.3 is 24.8 Å². The van der Waals surface area contributed by atoms with E-state index >= 15 is 0 Å². The van der Waals surface area contributed by atoms with Crippen molar-refractivity contribution in [2.45, 2.75) is 33.7 Å². The van der Waals surface area contributed by atoms with Gasteiger partial charge in [0.1, 0.15) is 0 Å². The molecule has 0 fully saturated rings. The van der Waals surface area contributed by atoms with Gasteiger partial charge in [0.2, 0.25) is 5.75 Å². The fourth-order valence-corrected chi connectivity index (χ4v) is 3.81. The average molecular weight is 548 g/mol. The standard InChI is InChI=1S/C22H33N3O3S.HI/c1-6-23-22(24-14-16(3)11-18-9-8-10-29-18)25-15-17-12-19(26-4)21(28-7-2)20(13-17)27-5;/h8-10,12-13,16H,6-7,11,14-15H2,1-5H3,(H2,23,24,25);1H. The maximum atomic E-state index is 5.67. The lowest BCUT2D eigenvalue weighted by molar-refractivity contribution is 0.288. The average Bonchev–Trinajstić information content (AvgIpc) is 3.23. The highest BCUT2D eigenvalue weighted by Crippen LogP contribution is 2.38. The number of hydrogen-bond acceptors (Lipinski definition) is 5. The molecule has 2 rings (SSSR count). The van der Waals surface area contributed by atoms with Crippen LogP contribution in [0.5, 0.6) is 17.2 Å². The fourth-order valence-electron chi connectivity index (χ4n) is 2.94. The Morgan fingerprint density at radius 3 is 2.37 bits per heavy atom. The second kappa shape index (κ2) is 14.3. The van der Waals surface area contributed by atoms with Crippen molar-refractivity contribution in [3.63, 3.8) is 0 Å². The Hall–Kier alpha value is -1.68. The van der Waals surface area contributed by atoms with Gasteiger partial charge in [-0.3, -0.25) is 0 Å². The van der Waals surface area contributed by atoms with Crippen LogP contribution in [0.2, 0.25) is 0 Å². The molecule has 0 aliphatic rings. The van der Waals surface area contributed by atoms with E-state index < -0.39 is 0 Å².